The third kappa shape index (κ3) is 2.49. The lowest BCUT2D eigenvalue weighted by atomic mass is 9.48. The molecule has 1 aromatic rings. The molecule has 0 spiro atoms. The fraction of sp³-hybridized carbons (Fsp3) is 0.667. The number of hydrogen-bond acceptors (Lipinski definition) is 4. The number of aromatic nitrogens is 2. The van der Waals surface area contributed by atoms with Crippen molar-refractivity contribution in [3.8, 4) is 0 Å². The molecule has 3 fully saturated rings. The van der Waals surface area contributed by atoms with Gasteiger partial charge in [-0.3, -0.25) is 4.98 Å². The Labute approximate surface area is 173 Å². The maximum Gasteiger partial charge on any atom is 0.373 e. The summed E-state index contributed by atoms with van der Waals surface area (Å²) in [6, 6.07) is -0.0264. The molecule has 29 heavy (non-hydrogen) atoms. The zero-order valence-electron chi connectivity index (χ0n) is 17.8. The maximum atomic E-state index is 13.5. The Bertz CT molecular complexity index is 883. The van der Waals surface area contributed by atoms with Crippen LogP contribution < -0.4 is 0 Å². The summed E-state index contributed by atoms with van der Waals surface area (Å²) in [4.78, 5) is 35.0. The summed E-state index contributed by atoms with van der Waals surface area (Å²) in [7, 11) is 1.81. The van der Waals surface area contributed by atoms with Gasteiger partial charge in [-0.25, -0.2) is 14.6 Å². The molecule has 1 aromatic heterocycles. The Morgan fingerprint density at radius 1 is 1.10 bits per heavy atom. The normalized spacial score (nSPS) is 46.0. The molecular formula is C24H32N3O2+. The van der Waals surface area contributed by atoms with Crippen molar-refractivity contribution >= 4 is 11.8 Å². The molecule has 2 heterocycles. The summed E-state index contributed by atoms with van der Waals surface area (Å²) in [5.74, 6) is 1.73. The van der Waals surface area contributed by atoms with E-state index in [0.29, 0.717) is 11.3 Å². The van der Waals surface area contributed by atoms with Crippen LogP contribution in [-0.4, -0.2) is 39.4 Å². The molecule has 0 aromatic carbocycles. The number of amides is 2. The third-order valence-corrected chi connectivity index (χ3v) is 9.38. The van der Waals surface area contributed by atoms with Crippen LogP contribution in [0.2, 0.25) is 0 Å². The van der Waals surface area contributed by atoms with Gasteiger partial charge in [-0.15, -0.1) is 0 Å². The van der Waals surface area contributed by atoms with Gasteiger partial charge in [0, 0.05) is 30.3 Å². The Morgan fingerprint density at radius 2 is 1.93 bits per heavy atom. The zero-order chi connectivity index (χ0) is 20.4. The molecule has 5 rings (SSSR count). The number of fused-ring (bicyclic) bond motifs is 5. The van der Waals surface area contributed by atoms with Gasteiger partial charge in [-0.05, 0) is 55.3 Å². The van der Waals surface area contributed by atoms with Crippen LogP contribution in [0.4, 0.5) is 0 Å². The van der Waals surface area contributed by atoms with E-state index in [1.807, 2.05) is 7.05 Å². The SMILES string of the molecule is C[C@@]12CCC[C@H]1[C@@H]1CC[C@@H]3[C@](C)(C=CC(=O)[N+]3(C)C(=O)c3cnccn3)[C@H]1CC2. The summed E-state index contributed by atoms with van der Waals surface area (Å²) < 4.78 is -0.198. The second-order valence-corrected chi connectivity index (χ2v) is 10.6. The molecule has 0 N–H and O–H groups in total. The van der Waals surface area contributed by atoms with Crippen molar-refractivity contribution in [1.29, 1.82) is 0 Å². The van der Waals surface area contributed by atoms with Crippen molar-refractivity contribution in [2.45, 2.75) is 64.8 Å². The number of rotatable bonds is 1. The standard InChI is InChI=1S/C24H32N3O2/c1-23-10-4-5-17(23)16-6-7-20-24(2,18(16)8-11-23)12-9-21(28)27(20,3)22(29)19-15-25-13-14-26-19/h9,12-18,20H,4-8,10-11H2,1-3H3/q+1/t16-,17-,18-,20+,23-,24+,27?/m0/s1. The van der Waals surface area contributed by atoms with Crippen LogP contribution in [0.25, 0.3) is 0 Å². The molecule has 0 saturated heterocycles. The second kappa shape index (κ2) is 6.31. The van der Waals surface area contributed by atoms with E-state index >= 15 is 0 Å². The molecule has 4 aliphatic rings. The number of nitrogens with zero attached hydrogens (tertiary/aromatic N) is 3. The topological polar surface area (TPSA) is 59.9 Å². The van der Waals surface area contributed by atoms with Crippen LogP contribution in [-0.2, 0) is 4.79 Å². The molecule has 3 aliphatic carbocycles. The predicted octanol–water partition coefficient (Wildman–Crippen LogP) is 4.16. The van der Waals surface area contributed by atoms with Crippen molar-refractivity contribution in [2.75, 3.05) is 7.05 Å². The van der Waals surface area contributed by atoms with E-state index in [-0.39, 0.29) is 33.4 Å². The lowest BCUT2D eigenvalue weighted by Gasteiger charge is -2.60. The van der Waals surface area contributed by atoms with Crippen molar-refractivity contribution in [2.24, 2.45) is 28.6 Å². The lowest BCUT2D eigenvalue weighted by Crippen LogP contribution is -2.70. The van der Waals surface area contributed by atoms with E-state index < -0.39 is 0 Å². The van der Waals surface area contributed by atoms with E-state index in [1.54, 1.807) is 12.3 Å². The highest BCUT2D eigenvalue weighted by Crippen LogP contribution is 2.64. The number of likely N-dealkylation sites (N-methyl/N-ethyl adjacent to an activating group) is 1. The van der Waals surface area contributed by atoms with Crippen LogP contribution in [0.1, 0.15) is 69.3 Å². The quantitative estimate of drug-likeness (QED) is 0.530. The Morgan fingerprint density at radius 3 is 2.69 bits per heavy atom. The van der Waals surface area contributed by atoms with Crippen molar-refractivity contribution in [3.05, 3.63) is 36.4 Å². The first-order chi connectivity index (χ1) is 13.8. The average molecular weight is 395 g/mol. The number of imide groups is 1. The van der Waals surface area contributed by atoms with E-state index in [0.717, 1.165) is 24.7 Å². The number of carbonyl (C=O) groups is 2. The Kier molecular flexibility index (Phi) is 4.16. The second-order valence-electron chi connectivity index (χ2n) is 10.6. The first-order valence-electron chi connectivity index (χ1n) is 11.2. The molecule has 0 bridgehead atoms. The molecule has 154 valence electrons. The van der Waals surface area contributed by atoms with Gasteiger partial charge < -0.3 is 0 Å². The van der Waals surface area contributed by atoms with Gasteiger partial charge in [-0.2, -0.15) is 4.48 Å². The van der Waals surface area contributed by atoms with Gasteiger partial charge in [0.1, 0.15) is 6.04 Å². The minimum Gasteiger partial charge on any atom is -0.260 e. The molecule has 5 nitrogen and oxygen atoms in total. The van der Waals surface area contributed by atoms with Gasteiger partial charge in [0.05, 0.1) is 13.2 Å². The first-order valence-corrected chi connectivity index (χ1v) is 11.2. The molecule has 2 amide bonds. The fourth-order valence-corrected chi connectivity index (χ4v) is 7.86. The van der Waals surface area contributed by atoms with Crippen molar-refractivity contribution in [3.63, 3.8) is 0 Å². The molecule has 1 aliphatic heterocycles. The fourth-order valence-electron chi connectivity index (χ4n) is 7.86. The van der Waals surface area contributed by atoms with Crippen LogP contribution in [0, 0.1) is 28.6 Å². The summed E-state index contributed by atoms with van der Waals surface area (Å²) in [5, 5.41) is 0. The third-order valence-electron chi connectivity index (χ3n) is 9.38. The maximum absolute atomic E-state index is 13.5. The average Bonchev–Trinajstić information content (AvgIpc) is 3.13. The minimum atomic E-state index is -0.219. The molecule has 3 saturated carbocycles. The van der Waals surface area contributed by atoms with Crippen molar-refractivity contribution < 1.29 is 14.1 Å². The number of carbonyl (C=O) groups excluding carboxylic acids is 2. The van der Waals surface area contributed by atoms with Gasteiger partial charge in [0.2, 0.25) is 0 Å². The molecule has 5 heteroatoms. The highest BCUT2D eigenvalue weighted by molar-refractivity contribution is 5.98. The van der Waals surface area contributed by atoms with Crippen LogP contribution in [0.3, 0.4) is 0 Å². The molecular weight excluding hydrogens is 362 g/mol. The van der Waals surface area contributed by atoms with Gasteiger partial charge in [0.15, 0.2) is 5.69 Å². The van der Waals surface area contributed by atoms with Gasteiger partial charge >= 0.3 is 11.8 Å². The van der Waals surface area contributed by atoms with Crippen LogP contribution >= 0.6 is 0 Å². The van der Waals surface area contributed by atoms with Gasteiger partial charge in [-0.1, -0.05) is 26.3 Å². The Hall–Kier alpha value is -1.88. The molecule has 7 atom stereocenters. The van der Waals surface area contributed by atoms with E-state index in [2.05, 4.69) is 29.9 Å². The molecule has 0 radical (unpaired) electrons. The largest absolute Gasteiger partial charge is 0.373 e. The smallest absolute Gasteiger partial charge is 0.260 e. The summed E-state index contributed by atoms with van der Waals surface area (Å²) in [6.45, 7) is 4.82. The van der Waals surface area contributed by atoms with E-state index in [9.17, 15) is 9.59 Å². The number of quaternary nitrogens is 1. The highest BCUT2D eigenvalue weighted by Gasteiger charge is 2.64. The highest BCUT2D eigenvalue weighted by atomic mass is 16.2. The lowest BCUT2D eigenvalue weighted by molar-refractivity contribution is -0.791. The summed E-state index contributed by atoms with van der Waals surface area (Å²) in [6.07, 6.45) is 17.1. The van der Waals surface area contributed by atoms with E-state index in [4.69, 9.17) is 0 Å². The van der Waals surface area contributed by atoms with E-state index in [1.165, 1.54) is 44.5 Å². The first kappa shape index (κ1) is 19.1. The monoisotopic (exact) mass is 394 g/mol. The van der Waals surface area contributed by atoms with Crippen molar-refractivity contribution in [1.82, 2.24) is 9.97 Å². The summed E-state index contributed by atoms with van der Waals surface area (Å²) >= 11 is 0. The summed E-state index contributed by atoms with van der Waals surface area (Å²) in [5.41, 5.74) is 0.662. The van der Waals surface area contributed by atoms with Crippen LogP contribution in [0.5, 0.6) is 0 Å². The van der Waals surface area contributed by atoms with Gasteiger partial charge in [0.25, 0.3) is 0 Å². The Balaban J connectivity index is 1.54. The minimum absolute atomic E-state index is 0.0264. The van der Waals surface area contributed by atoms with Crippen LogP contribution in [0.15, 0.2) is 30.7 Å². The number of hydrogen-bond donors (Lipinski definition) is 0. The predicted molar refractivity (Wildman–Crippen MR) is 109 cm³/mol. The molecule has 1 unspecified atom stereocenters. The zero-order valence-corrected chi connectivity index (χ0v) is 17.8.